The van der Waals surface area contributed by atoms with Crippen molar-refractivity contribution in [1.29, 1.82) is 0 Å². The molecule has 3 N–H and O–H groups in total. The Hall–Kier alpha value is -2.92. The summed E-state index contributed by atoms with van der Waals surface area (Å²) >= 11 is 0. The van der Waals surface area contributed by atoms with E-state index in [-0.39, 0.29) is 5.75 Å². The summed E-state index contributed by atoms with van der Waals surface area (Å²) in [5.74, 6) is 0.405. The maximum absolute atomic E-state index is 10.8. The normalized spacial score (nSPS) is 18.1. The predicted molar refractivity (Wildman–Crippen MR) is 114 cm³/mol. The fourth-order valence-electron chi connectivity index (χ4n) is 3.30. The zero-order valence-electron chi connectivity index (χ0n) is 16.6. The molecule has 28 heavy (non-hydrogen) atoms. The van der Waals surface area contributed by atoms with Crippen molar-refractivity contribution in [3.63, 3.8) is 0 Å². The molecule has 5 heteroatoms. The molecule has 3 rings (SSSR count). The Labute approximate surface area is 166 Å². The lowest BCUT2D eigenvalue weighted by atomic mass is 9.99. The van der Waals surface area contributed by atoms with Crippen molar-refractivity contribution in [3.8, 4) is 5.75 Å². The van der Waals surface area contributed by atoms with Crippen molar-refractivity contribution >= 4 is 11.4 Å². The van der Waals surface area contributed by atoms with Gasteiger partial charge in [0.25, 0.3) is 0 Å². The van der Waals surface area contributed by atoms with Gasteiger partial charge in [-0.1, -0.05) is 49.0 Å². The fraction of sp³-hybridized carbons (Fsp3) is 0.304. The average molecular weight is 377 g/mol. The Morgan fingerprint density at radius 1 is 1.18 bits per heavy atom. The van der Waals surface area contributed by atoms with Gasteiger partial charge in [0.05, 0.1) is 6.10 Å². The Morgan fingerprint density at radius 3 is 2.79 bits per heavy atom. The number of aromatic nitrogens is 2. The van der Waals surface area contributed by atoms with Crippen molar-refractivity contribution in [2.45, 2.75) is 46.1 Å². The third-order valence-corrected chi connectivity index (χ3v) is 4.90. The number of anilines is 1. The SMILES string of the molecule is CCC(O)C1=CCC=C(Nc2ncnc(C3=CC=C(C)C=CC3)c2O)C=C1C. The molecule has 0 amide bonds. The molecule has 1 heterocycles. The van der Waals surface area contributed by atoms with Crippen molar-refractivity contribution in [2.75, 3.05) is 5.32 Å². The highest BCUT2D eigenvalue weighted by molar-refractivity contribution is 5.75. The van der Waals surface area contributed by atoms with Gasteiger partial charge in [-0.25, -0.2) is 9.97 Å². The molecule has 0 aromatic carbocycles. The maximum atomic E-state index is 10.8. The van der Waals surface area contributed by atoms with Crippen LogP contribution >= 0.6 is 0 Å². The van der Waals surface area contributed by atoms with Crippen LogP contribution in [0.5, 0.6) is 5.75 Å². The van der Waals surface area contributed by atoms with Crippen LogP contribution in [0.2, 0.25) is 0 Å². The lowest BCUT2D eigenvalue weighted by Gasteiger charge is -2.14. The van der Waals surface area contributed by atoms with E-state index in [1.807, 2.05) is 51.2 Å². The van der Waals surface area contributed by atoms with Crippen LogP contribution in [0.1, 0.15) is 45.7 Å². The molecular weight excluding hydrogens is 350 g/mol. The van der Waals surface area contributed by atoms with Crippen LogP contribution in [0.3, 0.4) is 0 Å². The molecule has 2 aliphatic rings. The molecule has 1 atom stereocenters. The summed E-state index contributed by atoms with van der Waals surface area (Å²) in [4.78, 5) is 8.51. The van der Waals surface area contributed by atoms with E-state index in [0.29, 0.717) is 30.8 Å². The molecule has 0 saturated carbocycles. The van der Waals surface area contributed by atoms with Gasteiger partial charge in [0, 0.05) is 5.70 Å². The van der Waals surface area contributed by atoms with Crippen LogP contribution < -0.4 is 5.32 Å². The van der Waals surface area contributed by atoms with Gasteiger partial charge in [-0.2, -0.15) is 0 Å². The van der Waals surface area contributed by atoms with Gasteiger partial charge in [-0.3, -0.25) is 0 Å². The van der Waals surface area contributed by atoms with E-state index in [2.05, 4.69) is 27.4 Å². The van der Waals surface area contributed by atoms with E-state index in [1.54, 1.807) is 0 Å². The highest BCUT2D eigenvalue weighted by Gasteiger charge is 2.16. The van der Waals surface area contributed by atoms with Gasteiger partial charge in [-0.15, -0.1) is 0 Å². The van der Waals surface area contributed by atoms with E-state index in [1.165, 1.54) is 6.33 Å². The minimum atomic E-state index is -0.463. The number of aliphatic hydroxyl groups is 1. The minimum Gasteiger partial charge on any atom is -0.503 e. The Kier molecular flexibility index (Phi) is 6.26. The molecule has 1 unspecified atom stereocenters. The Morgan fingerprint density at radius 2 is 2.00 bits per heavy atom. The standard InChI is InChI=1S/C23H27N3O2/c1-4-20(27)19-10-6-9-18(13-16(19)3)26-23-22(28)21(24-14-25-23)17-8-5-7-15(2)11-12-17/h5,7,9-14,20,27-28H,4,6,8H2,1-3H3,(H,24,25,26). The van der Waals surface area contributed by atoms with Crippen molar-refractivity contribution in [3.05, 3.63) is 77.0 Å². The maximum Gasteiger partial charge on any atom is 0.185 e. The van der Waals surface area contributed by atoms with Gasteiger partial charge in [0.2, 0.25) is 0 Å². The molecule has 0 radical (unpaired) electrons. The number of nitrogens with zero attached hydrogens (tertiary/aromatic N) is 2. The van der Waals surface area contributed by atoms with Gasteiger partial charge in [0.1, 0.15) is 12.0 Å². The van der Waals surface area contributed by atoms with Gasteiger partial charge >= 0.3 is 0 Å². The van der Waals surface area contributed by atoms with E-state index >= 15 is 0 Å². The van der Waals surface area contributed by atoms with E-state index in [4.69, 9.17) is 0 Å². The van der Waals surface area contributed by atoms with Crippen LogP contribution in [-0.4, -0.2) is 26.3 Å². The summed E-state index contributed by atoms with van der Waals surface area (Å²) < 4.78 is 0. The molecule has 5 nitrogen and oxygen atoms in total. The van der Waals surface area contributed by atoms with Crippen LogP contribution in [0.4, 0.5) is 5.82 Å². The van der Waals surface area contributed by atoms with Crippen molar-refractivity contribution in [1.82, 2.24) is 9.97 Å². The summed E-state index contributed by atoms with van der Waals surface area (Å²) in [5.41, 5.74) is 5.40. The Balaban J connectivity index is 1.86. The summed E-state index contributed by atoms with van der Waals surface area (Å²) in [6, 6.07) is 0. The second kappa shape index (κ2) is 8.85. The number of allylic oxidation sites excluding steroid dienone is 9. The lowest BCUT2D eigenvalue weighted by molar-refractivity contribution is 0.208. The average Bonchev–Trinajstić information content (AvgIpc) is 3.00. The molecule has 0 bridgehead atoms. The zero-order chi connectivity index (χ0) is 20.1. The quantitative estimate of drug-likeness (QED) is 0.686. The summed E-state index contributed by atoms with van der Waals surface area (Å²) in [6.07, 6.45) is 17.2. The number of nitrogens with one attached hydrogen (secondary N) is 1. The third-order valence-electron chi connectivity index (χ3n) is 4.90. The number of hydrogen-bond donors (Lipinski definition) is 3. The topological polar surface area (TPSA) is 78.3 Å². The highest BCUT2D eigenvalue weighted by atomic mass is 16.3. The summed E-state index contributed by atoms with van der Waals surface area (Å²) in [7, 11) is 0. The monoisotopic (exact) mass is 377 g/mol. The molecular formula is C23H27N3O2. The minimum absolute atomic E-state index is 0.0353. The largest absolute Gasteiger partial charge is 0.503 e. The predicted octanol–water partition coefficient (Wildman–Crippen LogP) is 4.81. The second-order valence-corrected chi connectivity index (χ2v) is 7.06. The molecule has 1 aromatic heterocycles. The third kappa shape index (κ3) is 4.49. The Bertz CT molecular complexity index is 933. The number of rotatable bonds is 5. The first-order valence-electron chi connectivity index (χ1n) is 9.62. The van der Waals surface area contributed by atoms with E-state index in [9.17, 15) is 10.2 Å². The summed E-state index contributed by atoms with van der Waals surface area (Å²) in [6.45, 7) is 5.98. The second-order valence-electron chi connectivity index (χ2n) is 7.06. The van der Waals surface area contributed by atoms with Crippen LogP contribution in [0.25, 0.3) is 5.57 Å². The zero-order valence-corrected chi connectivity index (χ0v) is 16.6. The lowest BCUT2D eigenvalue weighted by Crippen LogP contribution is -2.09. The molecule has 2 aliphatic carbocycles. The summed E-state index contributed by atoms with van der Waals surface area (Å²) in [5, 5.41) is 24.2. The highest BCUT2D eigenvalue weighted by Crippen LogP contribution is 2.33. The number of aliphatic hydroxyl groups excluding tert-OH is 1. The first kappa shape index (κ1) is 19.8. The molecule has 146 valence electrons. The fourth-order valence-corrected chi connectivity index (χ4v) is 3.30. The van der Waals surface area contributed by atoms with E-state index < -0.39 is 6.10 Å². The van der Waals surface area contributed by atoms with Gasteiger partial charge < -0.3 is 15.5 Å². The molecule has 0 saturated heterocycles. The van der Waals surface area contributed by atoms with Crippen molar-refractivity contribution < 1.29 is 10.2 Å². The molecule has 0 aliphatic heterocycles. The van der Waals surface area contributed by atoms with E-state index in [0.717, 1.165) is 28.0 Å². The first-order chi connectivity index (χ1) is 13.5. The van der Waals surface area contributed by atoms with Crippen LogP contribution in [0.15, 0.2) is 71.3 Å². The smallest absolute Gasteiger partial charge is 0.185 e. The van der Waals surface area contributed by atoms with Gasteiger partial charge in [0.15, 0.2) is 11.6 Å². The molecule has 1 aromatic rings. The number of hydrogen-bond acceptors (Lipinski definition) is 5. The van der Waals surface area contributed by atoms with Crippen LogP contribution in [-0.2, 0) is 0 Å². The first-order valence-corrected chi connectivity index (χ1v) is 9.62. The van der Waals surface area contributed by atoms with Gasteiger partial charge in [-0.05, 0) is 55.9 Å². The van der Waals surface area contributed by atoms with Crippen molar-refractivity contribution in [2.24, 2.45) is 0 Å². The van der Waals surface area contributed by atoms with Crippen LogP contribution in [0, 0.1) is 0 Å². The molecule has 0 fully saturated rings. The molecule has 0 spiro atoms. The number of aromatic hydroxyl groups is 1.